The minimum absolute atomic E-state index is 0.245. The van der Waals surface area contributed by atoms with Crippen molar-refractivity contribution in [2.75, 3.05) is 0 Å². The summed E-state index contributed by atoms with van der Waals surface area (Å²) in [5, 5.41) is 0. The van der Waals surface area contributed by atoms with E-state index in [1.54, 1.807) is 23.5 Å². The number of hydrogen-bond acceptors (Lipinski definition) is 2. The Kier molecular flexibility index (Phi) is 2.53. The van der Waals surface area contributed by atoms with Gasteiger partial charge in [-0.05, 0) is 53.4 Å². The van der Waals surface area contributed by atoms with Crippen molar-refractivity contribution in [2.24, 2.45) is 0 Å². The molecule has 0 atom stereocenters. The number of aromatic nitrogens is 2. The van der Waals surface area contributed by atoms with Crippen molar-refractivity contribution in [3.63, 3.8) is 0 Å². The Balaban J connectivity index is 1.87. The first-order valence-electron chi connectivity index (χ1n) is 6.17. The van der Waals surface area contributed by atoms with Crippen LogP contribution in [0.15, 0.2) is 28.9 Å². The first-order chi connectivity index (χ1) is 9.22. The molecule has 0 spiro atoms. The highest BCUT2D eigenvalue weighted by molar-refractivity contribution is 9.10. The molecular weight excluding hydrogens is 327 g/mol. The summed E-state index contributed by atoms with van der Waals surface area (Å²) in [5.41, 5.74) is 3.25. The van der Waals surface area contributed by atoms with Crippen LogP contribution in [0.2, 0.25) is 0 Å². The number of rotatable bonds is 1. The van der Waals surface area contributed by atoms with Gasteiger partial charge in [0.05, 0.1) is 10.2 Å². The molecule has 0 radical (unpaired) electrons. The van der Waals surface area contributed by atoms with Crippen LogP contribution < -0.4 is 0 Å². The number of halogens is 2. The van der Waals surface area contributed by atoms with Gasteiger partial charge in [-0.3, -0.25) is 4.40 Å². The summed E-state index contributed by atoms with van der Waals surface area (Å²) < 4.78 is 15.9. The Bertz CT molecular complexity index is 790. The van der Waals surface area contributed by atoms with Crippen LogP contribution in [0.25, 0.3) is 16.2 Å². The zero-order valence-electron chi connectivity index (χ0n) is 9.99. The fraction of sp³-hybridized carbons (Fsp3) is 0.214. The van der Waals surface area contributed by atoms with E-state index >= 15 is 0 Å². The third-order valence-electron chi connectivity index (χ3n) is 3.53. The third-order valence-corrected chi connectivity index (χ3v) is 5.30. The Morgan fingerprint density at radius 1 is 1.32 bits per heavy atom. The van der Waals surface area contributed by atoms with Gasteiger partial charge in [-0.1, -0.05) is 0 Å². The van der Waals surface area contributed by atoms with Crippen molar-refractivity contribution < 1.29 is 4.39 Å². The van der Waals surface area contributed by atoms with Crippen molar-refractivity contribution in [2.45, 2.75) is 19.3 Å². The normalized spacial score (nSPS) is 14.2. The van der Waals surface area contributed by atoms with Crippen LogP contribution >= 0.6 is 27.3 Å². The molecule has 0 amide bonds. The molecule has 0 saturated carbocycles. The summed E-state index contributed by atoms with van der Waals surface area (Å²) in [7, 11) is 0. The lowest BCUT2D eigenvalue weighted by Gasteiger charge is -1.98. The summed E-state index contributed by atoms with van der Waals surface area (Å²) in [4.78, 5) is 7.16. The average molecular weight is 337 g/mol. The molecule has 0 aliphatic heterocycles. The van der Waals surface area contributed by atoms with E-state index in [1.165, 1.54) is 29.5 Å². The second-order valence-electron chi connectivity index (χ2n) is 4.73. The van der Waals surface area contributed by atoms with E-state index in [4.69, 9.17) is 0 Å². The zero-order chi connectivity index (χ0) is 13.0. The number of imidazole rings is 1. The van der Waals surface area contributed by atoms with E-state index in [0.29, 0.717) is 4.47 Å². The molecule has 0 bridgehead atoms. The van der Waals surface area contributed by atoms with Crippen molar-refractivity contribution in [3.8, 4) is 11.3 Å². The molecule has 1 aromatic carbocycles. The Hall–Kier alpha value is -1.20. The van der Waals surface area contributed by atoms with Gasteiger partial charge in [-0.25, -0.2) is 9.37 Å². The van der Waals surface area contributed by atoms with Crippen LogP contribution in [0.3, 0.4) is 0 Å². The van der Waals surface area contributed by atoms with Crippen molar-refractivity contribution in [1.82, 2.24) is 9.38 Å². The van der Waals surface area contributed by atoms with E-state index < -0.39 is 0 Å². The molecular formula is C14H10BrFN2S. The molecule has 1 aliphatic carbocycles. The largest absolute Gasteiger partial charge is 0.294 e. The fourth-order valence-corrected chi connectivity index (χ4v) is 4.17. The maximum Gasteiger partial charge on any atom is 0.194 e. The predicted molar refractivity (Wildman–Crippen MR) is 78.2 cm³/mol. The molecule has 3 aromatic rings. The van der Waals surface area contributed by atoms with Crippen LogP contribution in [-0.4, -0.2) is 9.38 Å². The average Bonchev–Trinajstić information content (AvgIpc) is 3.03. The standard InChI is InChI=1S/C14H10BrFN2S/c15-9-6-8(4-5-10(9)16)11-7-18-12-2-1-3-13(12)19-14(18)17-11/h4-7H,1-3H2. The molecule has 2 heterocycles. The van der Waals surface area contributed by atoms with Crippen molar-refractivity contribution in [3.05, 3.63) is 45.3 Å². The van der Waals surface area contributed by atoms with E-state index in [0.717, 1.165) is 22.6 Å². The second-order valence-corrected chi connectivity index (χ2v) is 6.65. The van der Waals surface area contributed by atoms with Gasteiger partial charge in [0.15, 0.2) is 4.96 Å². The summed E-state index contributed by atoms with van der Waals surface area (Å²) in [5.74, 6) is -0.245. The van der Waals surface area contributed by atoms with Crippen LogP contribution in [-0.2, 0) is 12.8 Å². The summed E-state index contributed by atoms with van der Waals surface area (Å²) in [6.45, 7) is 0. The molecule has 0 N–H and O–H groups in total. The molecule has 0 fully saturated rings. The summed E-state index contributed by atoms with van der Waals surface area (Å²) in [6.07, 6.45) is 5.63. The van der Waals surface area contributed by atoms with Gasteiger partial charge in [-0.15, -0.1) is 11.3 Å². The van der Waals surface area contributed by atoms with Crippen LogP contribution in [0.1, 0.15) is 17.0 Å². The fourth-order valence-electron chi connectivity index (χ4n) is 2.60. The number of thiazole rings is 1. The van der Waals surface area contributed by atoms with Crippen molar-refractivity contribution in [1.29, 1.82) is 0 Å². The van der Waals surface area contributed by atoms with Crippen LogP contribution in [0.4, 0.5) is 4.39 Å². The lowest BCUT2D eigenvalue weighted by atomic mass is 10.2. The Labute approximate surface area is 122 Å². The highest BCUT2D eigenvalue weighted by atomic mass is 79.9. The van der Waals surface area contributed by atoms with E-state index in [9.17, 15) is 4.39 Å². The molecule has 96 valence electrons. The monoisotopic (exact) mass is 336 g/mol. The molecule has 2 nitrogen and oxygen atoms in total. The Morgan fingerprint density at radius 2 is 2.21 bits per heavy atom. The van der Waals surface area contributed by atoms with Gasteiger partial charge < -0.3 is 0 Å². The van der Waals surface area contributed by atoms with Gasteiger partial charge in [-0.2, -0.15) is 0 Å². The van der Waals surface area contributed by atoms with Gasteiger partial charge in [0.25, 0.3) is 0 Å². The zero-order valence-corrected chi connectivity index (χ0v) is 12.4. The molecule has 1 aliphatic rings. The number of fused-ring (bicyclic) bond motifs is 3. The number of aryl methyl sites for hydroxylation is 2. The topological polar surface area (TPSA) is 17.3 Å². The van der Waals surface area contributed by atoms with Gasteiger partial charge >= 0.3 is 0 Å². The maximum absolute atomic E-state index is 13.3. The molecule has 0 unspecified atom stereocenters. The van der Waals surface area contributed by atoms with E-state index in [-0.39, 0.29) is 5.82 Å². The minimum Gasteiger partial charge on any atom is -0.294 e. The molecule has 19 heavy (non-hydrogen) atoms. The SMILES string of the molecule is Fc1ccc(-c2cn3c4c(sc3n2)CCC4)cc1Br. The van der Waals surface area contributed by atoms with Crippen LogP contribution in [0.5, 0.6) is 0 Å². The summed E-state index contributed by atoms with van der Waals surface area (Å²) >= 11 is 5.00. The first kappa shape index (κ1) is 11.6. The van der Waals surface area contributed by atoms with Crippen LogP contribution in [0, 0.1) is 5.82 Å². The third kappa shape index (κ3) is 1.75. The minimum atomic E-state index is -0.245. The highest BCUT2D eigenvalue weighted by Gasteiger charge is 2.19. The first-order valence-corrected chi connectivity index (χ1v) is 7.78. The predicted octanol–water partition coefficient (Wildman–Crippen LogP) is 4.45. The quantitative estimate of drug-likeness (QED) is 0.641. The van der Waals surface area contributed by atoms with Gasteiger partial charge in [0, 0.05) is 22.3 Å². The Morgan fingerprint density at radius 3 is 3.05 bits per heavy atom. The van der Waals surface area contributed by atoms with Crippen molar-refractivity contribution >= 4 is 32.2 Å². The molecule has 4 rings (SSSR count). The van der Waals surface area contributed by atoms with E-state index in [1.807, 2.05) is 0 Å². The smallest absolute Gasteiger partial charge is 0.194 e. The summed E-state index contributed by atoms with van der Waals surface area (Å²) in [6, 6.07) is 5.02. The number of benzene rings is 1. The maximum atomic E-state index is 13.3. The highest BCUT2D eigenvalue weighted by Crippen LogP contribution is 2.33. The second kappa shape index (κ2) is 4.15. The lowest BCUT2D eigenvalue weighted by Crippen LogP contribution is -1.85. The number of nitrogens with zero attached hydrogens (tertiary/aromatic N) is 2. The molecule has 0 saturated heterocycles. The van der Waals surface area contributed by atoms with E-state index in [2.05, 4.69) is 31.5 Å². The molecule has 2 aromatic heterocycles. The molecule has 5 heteroatoms. The van der Waals surface area contributed by atoms with Gasteiger partial charge in [0.2, 0.25) is 0 Å². The number of hydrogen-bond donors (Lipinski definition) is 0. The lowest BCUT2D eigenvalue weighted by molar-refractivity contribution is 0.621. The van der Waals surface area contributed by atoms with Gasteiger partial charge in [0.1, 0.15) is 5.82 Å².